The molecule has 17 heavy (non-hydrogen) atoms. The number of likely N-dealkylation sites (N-methyl/N-ethyl adjacent to an activating group) is 1. The van der Waals surface area contributed by atoms with E-state index in [4.69, 9.17) is 0 Å². The van der Waals surface area contributed by atoms with Crippen LogP contribution in [0.5, 0.6) is 0 Å². The van der Waals surface area contributed by atoms with Gasteiger partial charge in [0.1, 0.15) is 0 Å². The number of carbonyl (C=O) groups is 1. The van der Waals surface area contributed by atoms with E-state index in [0.29, 0.717) is 12.6 Å². The zero-order valence-corrected chi connectivity index (χ0v) is 11.0. The van der Waals surface area contributed by atoms with Gasteiger partial charge in [-0.25, -0.2) is 0 Å². The number of Topliss-reactive ketones (excluding diaryl/α,β-unsaturated/α-hetero) is 1. The number of H-pyrrole nitrogens is 1. The molecule has 1 aliphatic rings. The van der Waals surface area contributed by atoms with Crippen LogP contribution < -0.4 is 0 Å². The van der Waals surface area contributed by atoms with Gasteiger partial charge in [-0.15, -0.1) is 0 Å². The topological polar surface area (TPSA) is 36.1 Å². The minimum Gasteiger partial charge on any atom is -0.362 e. The quantitative estimate of drug-likeness (QED) is 0.813. The Kier molecular flexibility index (Phi) is 3.67. The Balaban J connectivity index is 1.98. The second-order valence-electron chi connectivity index (χ2n) is 5.27. The Labute approximate surface area is 103 Å². The van der Waals surface area contributed by atoms with Crippen LogP contribution in [0, 0.1) is 13.8 Å². The van der Waals surface area contributed by atoms with Gasteiger partial charge in [0, 0.05) is 23.0 Å². The third-order valence-corrected chi connectivity index (χ3v) is 3.79. The van der Waals surface area contributed by atoms with Crippen LogP contribution in [-0.2, 0) is 0 Å². The van der Waals surface area contributed by atoms with E-state index in [-0.39, 0.29) is 5.78 Å². The second-order valence-corrected chi connectivity index (χ2v) is 5.27. The fraction of sp³-hybridized carbons (Fsp3) is 0.643. The predicted molar refractivity (Wildman–Crippen MR) is 69.5 cm³/mol. The number of aryl methyl sites for hydroxylation is 2. The molecule has 0 atom stereocenters. The number of ketones is 1. The van der Waals surface area contributed by atoms with E-state index >= 15 is 0 Å². The van der Waals surface area contributed by atoms with E-state index in [9.17, 15) is 4.79 Å². The summed E-state index contributed by atoms with van der Waals surface area (Å²) in [7, 11) is 2.07. The third-order valence-electron chi connectivity index (χ3n) is 3.79. The first kappa shape index (κ1) is 12.4. The summed E-state index contributed by atoms with van der Waals surface area (Å²) in [4.78, 5) is 17.6. The van der Waals surface area contributed by atoms with Crippen LogP contribution in [0.3, 0.4) is 0 Å². The first-order valence-electron chi connectivity index (χ1n) is 6.47. The standard InChI is InChI=1S/C14H22N2O/c1-10-8-13(11(2)15-10)14(17)9-16(3)12-6-4-5-7-12/h8,12,15H,4-7,9H2,1-3H3. The minimum absolute atomic E-state index is 0.237. The largest absolute Gasteiger partial charge is 0.362 e. The van der Waals surface area contributed by atoms with Crippen molar-refractivity contribution in [2.75, 3.05) is 13.6 Å². The predicted octanol–water partition coefficient (Wildman–Crippen LogP) is 2.69. The molecule has 0 spiro atoms. The second kappa shape index (κ2) is 5.05. The highest BCUT2D eigenvalue weighted by Gasteiger charge is 2.22. The molecule has 0 saturated heterocycles. The SMILES string of the molecule is Cc1cc(C(=O)CN(C)C2CCCC2)c(C)[nH]1. The number of carbonyl (C=O) groups excluding carboxylic acids is 1. The van der Waals surface area contributed by atoms with Crippen LogP contribution in [-0.4, -0.2) is 35.3 Å². The lowest BCUT2D eigenvalue weighted by atomic mass is 10.1. The van der Waals surface area contributed by atoms with Gasteiger partial charge in [-0.05, 0) is 39.8 Å². The molecule has 0 aliphatic heterocycles. The lowest BCUT2D eigenvalue weighted by Crippen LogP contribution is -2.34. The zero-order valence-electron chi connectivity index (χ0n) is 11.0. The average Bonchev–Trinajstić information content (AvgIpc) is 2.87. The van der Waals surface area contributed by atoms with Gasteiger partial charge in [0.2, 0.25) is 0 Å². The number of nitrogens with one attached hydrogen (secondary N) is 1. The van der Waals surface area contributed by atoms with Crippen LogP contribution in [0.15, 0.2) is 6.07 Å². The molecular weight excluding hydrogens is 212 g/mol. The van der Waals surface area contributed by atoms with Crippen molar-refractivity contribution in [2.24, 2.45) is 0 Å². The van der Waals surface area contributed by atoms with Crippen LogP contribution in [0.25, 0.3) is 0 Å². The average molecular weight is 234 g/mol. The number of hydrogen-bond acceptors (Lipinski definition) is 2. The van der Waals surface area contributed by atoms with Crippen LogP contribution in [0.2, 0.25) is 0 Å². The van der Waals surface area contributed by atoms with Gasteiger partial charge in [0.05, 0.1) is 6.54 Å². The first-order chi connectivity index (χ1) is 8.08. The Bertz CT molecular complexity index is 402. The summed E-state index contributed by atoms with van der Waals surface area (Å²) in [5.41, 5.74) is 2.91. The summed E-state index contributed by atoms with van der Waals surface area (Å²) in [6, 6.07) is 2.57. The lowest BCUT2D eigenvalue weighted by Gasteiger charge is -2.22. The molecule has 1 aromatic rings. The van der Waals surface area contributed by atoms with E-state index in [1.807, 2.05) is 19.9 Å². The summed E-state index contributed by atoms with van der Waals surface area (Å²) < 4.78 is 0. The maximum absolute atomic E-state index is 12.2. The number of rotatable bonds is 4. The number of aromatic amines is 1. The smallest absolute Gasteiger partial charge is 0.178 e. The first-order valence-corrected chi connectivity index (χ1v) is 6.47. The van der Waals surface area contributed by atoms with Gasteiger partial charge in [0.25, 0.3) is 0 Å². The summed E-state index contributed by atoms with van der Waals surface area (Å²) in [5.74, 6) is 0.237. The molecule has 0 bridgehead atoms. The highest BCUT2D eigenvalue weighted by Crippen LogP contribution is 2.22. The van der Waals surface area contributed by atoms with Gasteiger partial charge in [-0.1, -0.05) is 12.8 Å². The Morgan fingerprint density at radius 3 is 2.59 bits per heavy atom. The molecule has 1 saturated carbocycles. The summed E-state index contributed by atoms with van der Waals surface area (Å²) in [6.45, 7) is 4.50. The Morgan fingerprint density at radius 1 is 1.41 bits per heavy atom. The summed E-state index contributed by atoms with van der Waals surface area (Å²) >= 11 is 0. The van der Waals surface area contributed by atoms with Crippen LogP contribution in [0.4, 0.5) is 0 Å². The number of hydrogen-bond donors (Lipinski definition) is 1. The maximum atomic E-state index is 12.2. The molecule has 1 fully saturated rings. The molecular formula is C14H22N2O. The molecule has 3 nitrogen and oxygen atoms in total. The van der Waals surface area contributed by atoms with Crippen molar-refractivity contribution >= 4 is 5.78 Å². The van der Waals surface area contributed by atoms with E-state index in [0.717, 1.165) is 17.0 Å². The molecule has 1 aliphatic carbocycles. The summed E-state index contributed by atoms with van der Waals surface area (Å²) in [5, 5.41) is 0. The van der Waals surface area contributed by atoms with Gasteiger partial charge in [-0.3, -0.25) is 9.69 Å². The van der Waals surface area contributed by atoms with Crippen molar-refractivity contribution < 1.29 is 4.79 Å². The molecule has 2 rings (SSSR count). The minimum atomic E-state index is 0.237. The molecule has 0 amide bonds. The Morgan fingerprint density at radius 2 is 2.06 bits per heavy atom. The van der Waals surface area contributed by atoms with E-state index in [1.165, 1.54) is 25.7 Å². The molecule has 1 aromatic heterocycles. The van der Waals surface area contributed by atoms with Crippen molar-refractivity contribution in [1.29, 1.82) is 0 Å². The van der Waals surface area contributed by atoms with Gasteiger partial charge >= 0.3 is 0 Å². The molecule has 1 N–H and O–H groups in total. The zero-order chi connectivity index (χ0) is 12.4. The monoisotopic (exact) mass is 234 g/mol. The Hall–Kier alpha value is -1.09. The maximum Gasteiger partial charge on any atom is 0.178 e. The molecule has 94 valence electrons. The van der Waals surface area contributed by atoms with E-state index in [2.05, 4.69) is 16.9 Å². The molecule has 0 unspecified atom stereocenters. The number of nitrogens with zero attached hydrogens (tertiary/aromatic N) is 1. The molecule has 0 radical (unpaired) electrons. The third kappa shape index (κ3) is 2.78. The highest BCUT2D eigenvalue weighted by molar-refractivity contribution is 5.98. The van der Waals surface area contributed by atoms with Crippen molar-refractivity contribution in [1.82, 2.24) is 9.88 Å². The van der Waals surface area contributed by atoms with E-state index in [1.54, 1.807) is 0 Å². The molecule has 1 heterocycles. The molecule has 3 heteroatoms. The van der Waals surface area contributed by atoms with Crippen molar-refractivity contribution in [3.63, 3.8) is 0 Å². The van der Waals surface area contributed by atoms with Crippen molar-refractivity contribution in [3.05, 3.63) is 23.0 Å². The number of aromatic nitrogens is 1. The summed E-state index contributed by atoms with van der Waals surface area (Å²) in [6.07, 6.45) is 5.11. The van der Waals surface area contributed by atoms with Crippen molar-refractivity contribution in [3.8, 4) is 0 Å². The van der Waals surface area contributed by atoms with Crippen LogP contribution in [0.1, 0.15) is 47.4 Å². The van der Waals surface area contributed by atoms with Crippen molar-refractivity contribution in [2.45, 2.75) is 45.6 Å². The van der Waals surface area contributed by atoms with Gasteiger partial charge < -0.3 is 4.98 Å². The van der Waals surface area contributed by atoms with Gasteiger partial charge in [0.15, 0.2) is 5.78 Å². The van der Waals surface area contributed by atoms with Gasteiger partial charge in [-0.2, -0.15) is 0 Å². The lowest BCUT2D eigenvalue weighted by molar-refractivity contribution is 0.0920. The normalized spacial score (nSPS) is 16.9. The molecule has 0 aromatic carbocycles. The fourth-order valence-electron chi connectivity index (χ4n) is 2.80. The van der Waals surface area contributed by atoms with E-state index < -0.39 is 0 Å². The highest BCUT2D eigenvalue weighted by atomic mass is 16.1. The fourth-order valence-corrected chi connectivity index (χ4v) is 2.80. The van der Waals surface area contributed by atoms with Crippen LogP contribution >= 0.6 is 0 Å².